The summed E-state index contributed by atoms with van der Waals surface area (Å²) in [5.41, 5.74) is 0. The van der Waals surface area contributed by atoms with Gasteiger partial charge >= 0.3 is 53.2 Å². The minimum atomic E-state index is 0.252. The Morgan fingerprint density at radius 2 is 2.62 bits per heavy atom. The van der Waals surface area contributed by atoms with Crippen LogP contribution in [0.15, 0.2) is 6.20 Å². The van der Waals surface area contributed by atoms with E-state index >= 15 is 0 Å². The Balaban J connectivity index is 3.05. The minimum absolute atomic E-state index is 0.252. The number of nitrogens with zero attached hydrogens (tertiary/aromatic N) is 2. The third kappa shape index (κ3) is 0.975. The van der Waals surface area contributed by atoms with Crippen molar-refractivity contribution in [1.82, 2.24) is 4.98 Å². The van der Waals surface area contributed by atoms with Crippen LogP contribution in [0.3, 0.4) is 0 Å². The summed E-state index contributed by atoms with van der Waals surface area (Å²) in [7, 11) is 0. The Bertz CT molecular complexity index is 221. The molecule has 0 atom stereocenters. The third-order valence-electron chi connectivity index (χ3n) is 0.719. The van der Waals surface area contributed by atoms with Crippen LogP contribution in [0.5, 0.6) is 0 Å². The monoisotopic (exact) mass is 172 g/mol. The van der Waals surface area contributed by atoms with E-state index in [0.717, 1.165) is 9.13 Å². The van der Waals surface area contributed by atoms with Crippen molar-refractivity contribution in [2.24, 2.45) is 0 Å². The van der Waals surface area contributed by atoms with Crippen molar-refractivity contribution in [3.63, 3.8) is 0 Å². The van der Waals surface area contributed by atoms with Gasteiger partial charge in [-0.3, -0.25) is 0 Å². The normalized spacial score (nSPS) is 8.50. The molecular weight excluding hydrogens is 167 g/mol. The maximum absolute atomic E-state index is 6.59. The van der Waals surface area contributed by atoms with Crippen LogP contribution < -0.4 is 0 Å². The van der Waals surface area contributed by atoms with Crippen LogP contribution in [0.1, 0.15) is 4.57 Å². The standard InChI is InChI=1S/C5H4N2Se/c1-4-7-3-5(6-2)8-4/h3H,1H3. The van der Waals surface area contributed by atoms with Crippen molar-refractivity contribution in [3.8, 4) is 0 Å². The average Bonchev–Trinajstić information content (AvgIpc) is 2.14. The van der Waals surface area contributed by atoms with Crippen LogP contribution in [0.2, 0.25) is 0 Å². The summed E-state index contributed by atoms with van der Waals surface area (Å²) < 4.78 is 1.92. The second-order valence-corrected chi connectivity index (χ2v) is 3.87. The molecule has 1 aromatic rings. The molecule has 40 valence electrons. The molecule has 0 radical (unpaired) electrons. The molecule has 0 aliphatic rings. The third-order valence-corrected chi connectivity index (χ3v) is 2.41. The first-order valence-electron chi connectivity index (χ1n) is 2.13. The molecule has 0 bridgehead atoms. The molecule has 0 saturated carbocycles. The first-order valence-corrected chi connectivity index (χ1v) is 3.84. The van der Waals surface area contributed by atoms with Gasteiger partial charge in [0.25, 0.3) is 0 Å². The molecule has 8 heavy (non-hydrogen) atoms. The van der Waals surface area contributed by atoms with Gasteiger partial charge < -0.3 is 0 Å². The van der Waals surface area contributed by atoms with Gasteiger partial charge in [0.1, 0.15) is 0 Å². The molecule has 2 nitrogen and oxygen atoms in total. The van der Waals surface area contributed by atoms with E-state index in [9.17, 15) is 0 Å². The van der Waals surface area contributed by atoms with Gasteiger partial charge in [-0.05, 0) is 0 Å². The molecule has 0 fully saturated rings. The summed E-state index contributed by atoms with van der Waals surface area (Å²) in [5, 5.41) is 0. The van der Waals surface area contributed by atoms with E-state index in [1.807, 2.05) is 6.92 Å². The molecule has 1 rings (SSSR count). The topological polar surface area (TPSA) is 17.2 Å². The van der Waals surface area contributed by atoms with Crippen molar-refractivity contribution >= 4 is 19.1 Å². The SMILES string of the molecule is [C-]#[N+]c1cnc(C)[se]1. The molecule has 0 saturated heterocycles. The van der Waals surface area contributed by atoms with E-state index < -0.39 is 0 Å². The number of aromatic nitrogens is 1. The summed E-state index contributed by atoms with van der Waals surface area (Å²) in [6, 6.07) is 0. The van der Waals surface area contributed by atoms with Crippen LogP contribution in [0, 0.1) is 13.5 Å². The summed E-state index contributed by atoms with van der Waals surface area (Å²) in [5.74, 6) is 0. The van der Waals surface area contributed by atoms with Crippen LogP contribution in [-0.2, 0) is 0 Å². The summed E-state index contributed by atoms with van der Waals surface area (Å²) in [6.45, 7) is 8.54. The fraction of sp³-hybridized carbons (Fsp3) is 0.200. The van der Waals surface area contributed by atoms with Crippen molar-refractivity contribution in [3.05, 3.63) is 22.2 Å². The van der Waals surface area contributed by atoms with Crippen LogP contribution in [0.25, 0.3) is 4.85 Å². The van der Waals surface area contributed by atoms with Gasteiger partial charge in [0.15, 0.2) is 0 Å². The van der Waals surface area contributed by atoms with E-state index in [4.69, 9.17) is 6.57 Å². The molecule has 0 aliphatic heterocycles. The molecule has 1 heterocycles. The van der Waals surface area contributed by atoms with Crippen LogP contribution in [0.4, 0.5) is 4.56 Å². The van der Waals surface area contributed by atoms with Gasteiger partial charge in [-0.2, -0.15) is 0 Å². The first-order chi connectivity index (χ1) is 3.83. The van der Waals surface area contributed by atoms with E-state index in [-0.39, 0.29) is 14.5 Å². The Labute approximate surface area is 53.7 Å². The van der Waals surface area contributed by atoms with Crippen molar-refractivity contribution < 1.29 is 0 Å². The molecule has 0 N–H and O–H groups in total. The zero-order valence-corrected chi connectivity index (χ0v) is 6.09. The average molecular weight is 171 g/mol. The molecule has 1 aromatic heterocycles. The quantitative estimate of drug-likeness (QED) is 0.420. The zero-order valence-electron chi connectivity index (χ0n) is 4.38. The van der Waals surface area contributed by atoms with Crippen LogP contribution >= 0.6 is 0 Å². The molecule has 0 unspecified atom stereocenters. The second kappa shape index (κ2) is 2.13. The predicted octanol–water partition coefficient (Wildman–Crippen LogP) is 0.998. The van der Waals surface area contributed by atoms with E-state index in [1.165, 1.54) is 0 Å². The van der Waals surface area contributed by atoms with Crippen molar-refractivity contribution in [1.29, 1.82) is 0 Å². The second-order valence-electron chi connectivity index (χ2n) is 1.33. The fourth-order valence-electron chi connectivity index (χ4n) is 0.402. The Kier molecular flexibility index (Phi) is 1.48. The van der Waals surface area contributed by atoms with Crippen molar-refractivity contribution in [2.45, 2.75) is 6.92 Å². The molecule has 0 aliphatic carbocycles. The van der Waals surface area contributed by atoms with Crippen molar-refractivity contribution in [2.75, 3.05) is 0 Å². The summed E-state index contributed by atoms with van der Waals surface area (Å²) >= 11 is 0.252. The molecule has 0 aromatic carbocycles. The van der Waals surface area contributed by atoms with Gasteiger partial charge in [-0.15, -0.1) is 0 Å². The van der Waals surface area contributed by atoms with E-state index in [0.29, 0.717) is 0 Å². The van der Waals surface area contributed by atoms with Crippen LogP contribution in [-0.4, -0.2) is 19.5 Å². The molecule has 0 spiro atoms. The molecule has 3 heteroatoms. The van der Waals surface area contributed by atoms with E-state index in [1.54, 1.807) is 6.20 Å². The zero-order chi connectivity index (χ0) is 5.98. The molecular formula is C5H4N2Se. The van der Waals surface area contributed by atoms with Gasteiger partial charge in [0.05, 0.1) is 0 Å². The first kappa shape index (κ1) is 5.55. The van der Waals surface area contributed by atoms with Gasteiger partial charge in [0.2, 0.25) is 0 Å². The Hall–Kier alpha value is -0.581. The number of rotatable bonds is 0. The maximum atomic E-state index is 6.59. The number of hydrogen-bond acceptors (Lipinski definition) is 1. The summed E-state index contributed by atoms with van der Waals surface area (Å²) in [6.07, 6.45) is 1.66. The fourth-order valence-corrected chi connectivity index (χ4v) is 1.57. The van der Waals surface area contributed by atoms with Gasteiger partial charge in [-0.1, -0.05) is 0 Å². The number of aryl methyl sites for hydroxylation is 1. The Morgan fingerprint density at radius 1 is 1.88 bits per heavy atom. The van der Waals surface area contributed by atoms with E-state index in [2.05, 4.69) is 9.83 Å². The number of hydrogen-bond donors (Lipinski definition) is 0. The van der Waals surface area contributed by atoms with Gasteiger partial charge in [-0.25, -0.2) is 0 Å². The molecule has 0 amide bonds. The Morgan fingerprint density at radius 3 is 2.88 bits per heavy atom. The van der Waals surface area contributed by atoms with Gasteiger partial charge in [0, 0.05) is 0 Å². The predicted molar refractivity (Wildman–Crippen MR) is 32.2 cm³/mol. The summed E-state index contributed by atoms with van der Waals surface area (Å²) in [4.78, 5) is 7.22.